The van der Waals surface area contributed by atoms with Crippen LogP contribution >= 0.6 is 0 Å². The van der Waals surface area contributed by atoms with Crippen molar-refractivity contribution in [2.24, 2.45) is 0 Å². The Morgan fingerprint density at radius 3 is 2.39 bits per heavy atom. The molecule has 8 heteroatoms. The second-order valence-corrected chi connectivity index (χ2v) is 8.61. The molecule has 184 valence electrons. The fourth-order valence-electron chi connectivity index (χ4n) is 4.63. The molecule has 1 saturated heterocycles. The normalized spacial score (nSPS) is 13.9. The molecule has 0 saturated carbocycles. The number of fused-ring (bicyclic) bond motifs is 1. The van der Waals surface area contributed by atoms with Crippen molar-refractivity contribution in [2.75, 3.05) is 47.6 Å². The molecule has 0 unspecified atom stereocenters. The zero-order valence-electron chi connectivity index (χ0n) is 20.6. The fourth-order valence-corrected chi connectivity index (χ4v) is 4.63. The number of hydrogen-bond acceptors (Lipinski definition) is 7. The average molecular weight is 485 g/mol. The van der Waals surface area contributed by atoms with Gasteiger partial charge in [0.25, 0.3) is 0 Å². The molecule has 4 aromatic rings. The van der Waals surface area contributed by atoms with E-state index in [-0.39, 0.29) is 0 Å². The highest BCUT2D eigenvalue weighted by Crippen LogP contribution is 2.42. The number of nitrogens with zero attached hydrogens (tertiary/aromatic N) is 3. The number of aromatic amines is 1. The Balaban J connectivity index is 1.53. The lowest BCUT2D eigenvalue weighted by molar-refractivity contribution is 0.0341. The summed E-state index contributed by atoms with van der Waals surface area (Å²) in [6.45, 7) is 3.97. The molecular formula is C28H28N4O4. The van der Waals surface area contributed by atoms with E-state index >= 15 is 0 Å². The van der Waals surface area contributed by atoms with Crippen LogP contribution in [0.15, 0.2) is 48.8 Å². The number of methoxy groups -OCH3 is 3. The van der Waals surface area contributed by atoms with E-state index in [1.54, 1.807) is 21.3 Å². The number of aromatic nitrogens is 2. The predicted octanol–water partition coefficient (Wildman–Crippen LogP) is 4.63. The molecule has 0 spiro atoms. The number of pyridine rings is 1. The van der Waals surface area contributed by atoms with Crippen molar-refractivity contribution in [3.63, 3.8) is 0 Å². The lowest BCUT2D eigenvalue weighted by Gasteiger charge is -2.27. The Bertz CT molecular complexity index is 1410. The molecule has 5 rings (SSSR count). The standard InChI is InChI=1S/C28H28N4O4/c1-33-25-12-20(13-26(34-2)27(25)35-3)22-11-23-24(16-31-28(23)30-15-22)18-4-5-19(21(10-18)14-29)17-32-6-8-36-9-7-32/h4-5,10-13,15-16H,6-9,17H2,1-3H3,(H,30,31). The molecular weight excluding hydrogens is 456 g/mol. The van der Waals surface area contributed by atoms with E-state index in [4.69, 9.17) is 18.9 Å². The number of morpholine rings is 1. The van der Waals surface area contributed by atoms with Crippen molar-refractivity contribution < 1.29 is 18.9 Å². The number of hydrogen-bond donors (Lipinski definition) is 1. The van der Waals surface area contributed by atoms with Crippen LogP contribution in [0, 0.1) is 11.3 Å². The van der Waals surface area contributed by atoms with Gasteiger partial charge in [0.1, 0.15) is 5.65 Å². The summed E-state index contributed by atoms with van der Waals surface area (Å²) in [4.78, 5) is 10.2. The van der Waals surface area contributed by atoms with Crippen LogP contribution in [0.1, 0.15) is 11.1 Å². The minimum Gasteiger partial charge on any atom is -0.493 e. The largest absolute Gasteiger partial charge is 0.493 e. The van der Waals surface area contributed by atoms with E-state index in [9.17, 15) is 5.26 Å². The van der Waals surface area contributed by atoms with Gasteiger partial charge in [0.05, 0.1) is 46.2 Å². The van der Waals surface area contributed by atoms with Crippen LogP contribution in [0.5, 0.6) is 17.2 Å². The summed E-state index contributed by atoms with van der Waals surface area (Å²) in [5.74, 6) is 1.70. The molecule has 0 aliphatic carbocycles. The summed E-state index contributed by atoms with van der Waals surface area (Å²) in [7, 11) is 4.78. The Kier molecular flexibility index (Phi) is 6.76. The number of ether oxygens (including phenoxy) is 4. The van der Waals surface area contributed by atoms with E-state index in [1.807, 2.05) is 30.6 Å². The van der Waals surface area contributed by atoms with Gasteiger partial charge in [-0.1, -0.05) is 12.1 Å². The van der Waals surface area contributed by atoms with Crippen LogP contribution in [-0.4, -0.2) is 62.5 Å². The Morgan fingerprint density at radius 1 is 0.972 bits per heavy atom. The van der Waals surface area contributed by atoms with Crippen molar-refractivity contribution >= 4 is 11.0 Å². The van der Waals surface area contributed by atoms with Crippen LogP contribution in [0.2, 0.25) is 0 Å². The molecule has 1 N–H and O–H groups in total. The Hall–Kier alpha value is -4.06. The van der Waals surface area contributed by atoms with Crippen LogP contribution in [0.4, 0.5) is 0 Å². The zero-order valence-corrected chi connectivity index (χ0v) is 20.6. The van der Waals surface area contributed by atoms with Gasteiger partial charge in [-0.05, 0) is 41.0 Å². The molecule has 1 aliphatic rings. The van der Waals surface area contributed by atoms with Crippen LogP contribution in [0.3, 0.4) is 0 Å². The van der Waals surface area contributed by atoms with Crippen molar-refractivity contribution in [3.8, 4) is 45.6 Å². The summed E-state index contributed by atoms with van der Waals surface area (Å²) in [5, 5.41) is 10.8. The SMILES string of the molecule is COc1cc(-c2cnc3[nH]cc(-c4ccc(CN5CCOCC5)c(C#N)c4)c3c2)cc(OC)c1OC. The quantitative estimate of drug-likeness (QED) is 0.409. The van der Waals surface area contributed by atoms with Gasteiger partial charge in [-0.3, -0.25) is 4.90 Å². The van der Waals surface area contributed by atoms with Crippen molar-refractivity contribution in [1.82, 2.24) is 14.9 Å². The summed E-state index contributed by atoms with van der Waals surface area (Å²) in [5.41, 5.74) is 6.24. The first kappa shape index (κ1) is 23.7. The highest BCUT2D eigenvalue weighted by Gasteiger charge is 2.17. The molecule has 8 nitrogen and oxygen atoms in total. The van der Waals surface area contributed by atoms with Gasteiger partial charge < -0.3 is 23.9 Å². The third-order valence-electron chi connectivity index (χ3n) is 6.57. The number of benzene rings is 2. The Labute approximate surface area is 210 Å². The molecule has 1 fully saturated rings. The van der Waals surface area contributed by atoms with Crippen molar-refractivity contribution in [3.05, 3.63) is 59.9 Å². The third-order valence-corrected chi connectivity index (χ3v) is 6.57. The minimum absolute atomic E-state index is 0.543. The van der Waals surface area contributed by atoms with Gasteiger partial charge in [0, 0.05) is 48.5 Å². The molecule has 1 aliphatic heterocycles. The van der Waals surface area contributed by atoms with Gasteiger partial charge in [-0.25, -0.2) is 4.98 Å². The van der Waals surface area contributed by atoms with Crippen molar-refractivity contribution in [2.45, 2.75) is 6.54 Å². The van der Waals surface area contributed by atoms with Crippen molar-refractivity contribution in [1.29, 1.82) is 5.26 Å². The summed E-state index contributed by atoms with van der Waals surface area (Å²) >= 11 is 0. The predicted molar refractivity (Wildman–Crippen MR) is 137 cm³/mol. The average Bonchev–Trinajstić information content (AvgIpc) is 3.36. The topological polar surface area (TPSA) is 92.6 Å². The first-order valence-corrected chi connectivity index (χ1v) is 11.8. The molecule has 2 aromatic carbocycles. The highest BCUT2D eigenvalue weighted by atomic mass is 16.5. The van der Waals surface area contributed by atoms with E-state index in [1.165, 1.54) is 0 Å². The number of H-pyrrole nitrogens is 1. The van der Waals surface area contributed by atoms with Crippen LogP contribution < -0.4 is 14.2 Å². The number of nitriles is 1. The second-order valence-electron chi connectivity index (χ2n) is 8.61. The van der Waals surface area contributed by atoms with Gasteiger partial charge in [0.2, 0.25) is 5.75 Å². The lowest BCUT2D eigenvalue weighted by Crippen LogP contribution is -2.35. The molecule has 36 heavy (non-hydrogen) atoms. The highest BCUT2D eigenvalue weighted by molar-refractivity contribution is 5.96. The summed E-state index contributed by atoms with van der Waals surface area (Å²) < 4.78 is 22.0. The van der Waals surface area contributed by atoms with E-state index in [0.717, 1.165) is 71.7 Å². The smallest absolute Gasteiger partial charge is 0.203 e. The summed E-state index contributed by atoms with van der Waals surface area (Å²) in [6.07, 6.45) is 3.75. The van der Waals surface area contributed by atoms with Crippen LogP contribution in [0.25, 0.3) is 33.3 Å². The third kappa shape index (κ3) is 4.47. The first-order valence-electron chi connectivity index (χ1n) is 11.8. The molecule has 0 bridgehead atoms. The molecule has 0 amide bonds. The van der Waals surface area contributed by atoms with E-state index < -0.39 is 0 Å². The monoisotopic (exact) mass is 484 g/mol. The maximum Gasteiger partial charge on any atom is 0.203 e. The number of nitrogens with one attached hydrogen (secondary N) is 1. The zero-order chi connectivity index (χ0) is 25.1. The van der Waals surface area contributed by atoms with Gasteiger partial charge in [-0.2, -0.15) is 5.26 Å². The van der Waals surface area contributed by atoms with E-state index in [0.29, 0.717) is 22.8 Å². The maximum absolute atomic E-state index is 9.87. The van der Waals surface area contributed by atoms with Gasteiger partial charge in [-0.15, -0.1) is 0 Å². The van der Waals surface area contributed by atoms with E-state index in [2.05, 4.69) is 39.1 Å². The summed E-state index contributed by atoms with van der Waals surface area (Å²) in [6, 6.07) is 14.4. The molecule has 0 radical (unpaired) electrons. The second kappa shape index (κ2) is 10.3. The molecule has 0 atom stereocenters. The lowest BCUT2D eigenvalue weighted by atomic mass is 9.98. The maximum atomic E-state index is 9.87. The molecule has 2 aromatic heterocycles. The Morgan fingerprint density at radius 2 is 1.72 bits per heavy atom. The minimum atomic E-state index is 0.543. The molecule has 3 heterocycles. The van der Waals surface area contributed by atoms with Gasteiger partial charge >= 0.3 is 0 Å². The fraction of sp³-hybridized carbons (Fsp3) is 0.286. The number of rotatable bonds is 7. The van der Waals surface area contributed by atoms with Gasteiger partial charge in [0.15, 0.2) is 11.5 Å². The van der Waals surface area contributed by atoms with Crippen LogP contribution in [-0.2, 0) is 11.3 Å². The first-order chi connectivity index (χ1) is 17.6.